The van der Waals surface area contributed by atoms with Crippen LogP contribution in [0.5, 0.6) is 0 Å². The van der Waals surface area contributed by atoms with E-state index in [-0.39, 0.29) is 11.8 Å². The molecule has 0 bridgehead atoms. The van der Waals surface area contributed by atoms with Crippen LogP contribution in [0.15, 0.2) is 24.5 Å². The number of hydrogen-bond acceptors (Lipinski definition) is 3. The average molecular weight is 235 g/mol. The molecule has 1 aromatic heterocycles. The largest absolute Gasteiger partial charge is 0.481 e. The fraction of sp³-hybridized carbons (Fsp3) is 0.538. The highest BCUT2D eigenvalue weighted by atomic mass is 16.5. The molecule has 1 atom stereocenters. The molecule has 0 spiro atoms. The summed E-state index contributed by atoms with van der Waals surface area (Å²) in [5.41, 5.74) is 1.04. The number of rotatable bonds is 4. The Balaban J connectivity index is 2.04. The van der Waals surface area contributed by atoms with E-state index in [0.717, 1.165) is 18.4 Å². The zero-order valence-corrected chi connectivity index (χ0v) is 9.71. The number of aromatic nitrogens is 1. The third-order valence-electron chi connectivity index (χ3n) is 3.36. The van der Waals surface area contributed by atoms with E-state index in [9.17, 15) is 9.90 Å². The maximum atomic E-state index is 11.3. The lowest BCUT2D eigenvalue weighted by Gasteiger charge is -2.27. The van der Waals surface area contributed by atoms with Gasteiger partial charge in [-0.05, 0) is 42.9 Å². The molecule has 1 aliphatic heterocycles. The molecular formula is C13H17NO3. The molecular weight excluding hydrogens is 218 g/mol. The van der Waals surface area contributed by atoms with Gasteiger partial charge in [0.1, 0.15) is 0 Å². The van der Waals surface area contributed by atoms with Crippen molar-refractivity contribution < 1.29 is 14.6 Å². The average Bonchev–Trinajstić information content (AvgIpc) is 2.38. The second-order valence-corrected chi connectivity index (χ2v) is 4.45. The summed E-state index contributed by atoms with van der Waals surface area (Å²) in [6.07, 6.45) is 5.70. The molecule has 1 fully saturated rings. The Hall–Kier alpha value is -1.42. The van der Waals surface area contributed by atoms with Gasteiger partial charge in [0.15, 0.2) is 0 Å². The first-order valence-corrected chi connectivity index (χ1v) is 5.97. The highest BCUT2D eigenvalue weighted by molar-refractivity contribution is 5.70. The summed E-state index contributed by atoms with van der Waals surface area (Å²) in [5, 5.41) is 9.33. The van der Waals surface area contributed by atoms with Gasteiger partial charge in [-0.1, -0.05) is 0 Å². The second kappa shape index (κ2) is 5.77. The number of carboxylic acid groups (broad SMARTS) is 1. The lowest BCUT2D eigenvalue weighted by atomic mass is 9.82. The van der Waals surface area contributed by atoms with Crippen molar-refractivity contribution in [3.05, 3.63) is 30.1 Å². The van der Waals surface area contributed by atoms with Crippen LogP contribution in [0, 0.1) is 11.8 Å². The molecule has 92 valence electrons. The highest BCUT2D eigenvalue weighted by Crippen LogP contribution is 2.27. The molecule has 17 heavy (non-hydrogen) atoms. The Morgan fingerprint density at radius 3 is 2.65 bits per heavy atom. The van der Waals surface area contributed by atoms with E-state index in [4.69, 9.17) is 4.74 Å². The minimum absolute atomic E-state index is 0.231. The van der Waals surface area contributed by atoms with Crippen LogP contribution < -0.4 is 0 Å². The van der Waals surface area contributed by atoms with Crippen molar-refractivity contribution in [2.45, 2.75) is 19.3 Å². The Morgan fingerprint density at radius 2 is 2.06 bits per heavy atom. The molecule has 4 nitrogen and oxygen atoms in total. The Morgan fingerprint density at radius 1 is 1.41 bits per heavy atom. The predicted octanol–water partition coefficient (Wildman–Crippen LogP) is 1.75. The van der Waals surface area contributed by atoms with Crippen molar-refractivity contribution in [1.82, 2.24) is 4.98 Å². The third kappa shape index (κ3) is 3.27. The first kappa shape index (κ1) is 12.0. The molecule has 2 heterocycles. The van der Waals surface area contributed by atoms with Crippen LogP contribution in [0.3, 0.4) is 0 Å². The molecule has 1 aliphatic rings. The number of pyridine rings is 1. The van der Waals surface area contributed by atoms with Crippen molar-refractivity contribution in [2.75, 3.05) is 13.2 Å². The van der Waals surface area contributed by atoms with Crippen molar-refractivity contribution >= 4 is 5.97 Å². The topological polar surface area (TPSA) is 59.4 Å². The maximum Gasteiger partial charge on any atom is 0.307 e. The van der Waals surface area contributed by atoms with E-state index in [1.165, 1.54) is 0 Å². The molecule has 0 aromatic carbocycles. The van der Waals surface area contributed by atoms with E-state index >= 15 is 0 Å². The summed E-state index contributed by atoms with van der Waals surface area (Å²) in [6, 6.07) is 3.77. The van der Waals surface area contributed by atoms with Crippen molar-refractivity contribution in [2.24, 2.45) is 11.8 Å². The molecule has 1 aromatic rings. The van der Waals surface area contributed by atoms with Gasteiger partial charge in [-0.25, -0.2) is 0 Å². The van der Waals surface area contributed by atoms with Gasteiger partial charge >= 0.3 is 5.97 Å². The van der Waals surface area contributed by atoms with Crippen LogP contribution in [0.25, 0.3) is 0 Å². The summed E-state index contributed by atoms with van der Waals surface area (Å²) in [4.78, 5) is 15.3. The minimum atomic E-state index is -0.700. The fourth-order valence-corrected chi connectivity index (χ4v) is 2.35. The van der Waals surface area contributed by atoms with Crippen LogP contribution in [0.4, 0.5) is 0 Å². The summed E-state index contributed by atoms with van der Waals surface area (Å²) in [6.45, 7) is 1.37. The lowest BCUT2D eigenvalue weighted by Crippen LogP contribution is -2.30. The van der Waals surface area contributed by atoms with Crippen LogP contribution in [0.1, 0.15) is 18.4 Å². The van der Waals surface area contributed by atoms with E-state index in [1.54, 1.807) is 12.4 Å². The standard InChI is InChI=1S/C13H17NO3/c15-13(16)12(11-3-7-17-8-4-11)9-10-1-5-14-6-2-10/h1-2,5-6,11-12H,3-4,7-9H2,(H,15,16). The zero-order valence-electron chi connectivity index (χ0n) is 9.71. The summed E-state index contributed by atoms with van der Waals surface area (Å²) in [5.74, 6) is -0.774. The Labute approximate surface area is 101 Å². The number of carbonyl (C=O) groups is 1. The number of ether oxygens (including phenoxy) is 1. The van der Waals surface area contributed by atoms with Gasteiger partial charge in [0, 0.05) is 25.6 Å². The summed E-state index contributed by atoms with van der Waals surface area (Å²) < 4.78 is 5.28. The van der Waals surface area contributed by atoms with Gasteiger partial charge in [-0.2, -0.15) is 0 Å². The number of carboxylic acids is 1. The van der Waals surface area contributed by atoms with Crippen LogP contribution in [-0.2, 0) is 16.0 Å². The normalized spacial score (nSPS) is 18.8. The Kier molecular flexibility index (Phi) is 4.09. The van der Waals surface area contributed by atoms with Gasteiger partial charge in [-0.3, -0.25) is 9.78 Å². The minimum Gasteiger partial charge on any atom is -0.481 e. The highest BCUT2D eigenvalue weighted by Gasteiger charge is 2.29. The van der Waals surface area contributed by atoms with Gasteiger partial charge in [0.2, 0.25) is 0 Å². The number of hydrogen-bond donors (Lipinski definition) is 1. The van der Waals surface area contributed by atoms with Gasteiger partial charge in [-0.15, -0.1) is 0 Å². The van der Waals surface area contributed by atoms with E-state index in [1.807, 2.05) is 12.1 Å². The predicted molar refractivity (Wildman–Crippen MR) is 62.6 cm³/mol. The molecule has 4 heteroatoms. The van der Waals surface area contributed by atoms with E-state index < -0.39 is 5.97 Å². The van der Waals surface area contributed by atoms with Gasteiger partial charge in [0.05, 0.1) is 5.92 Å². The van der Waals surface area contributed by atoms with Crippen LogP contribution >= 0.6 is 0 Å². The Bertz CT molecular complexity index is 360. The smallest absolute Gasteiger partial charge is 0.307 e. The van der Waals surface area contributed by atoms with Crippen molar-refractivity contribution in [3.8, 4) is 0 Å². The first-order chi connectivity index (χ1) is 8.27. The van der Waals surface area contributed by atoms with Crippen LogP contribution in [0.2, 0.25) is 0 Å². The quantitative estimate of drug-likeness (QED) is 0.863. The van der Waals surface area contributed by atoms with Crippen LogP contribution in [-0.4, -0.2) is 29.3 Å². The maximum absolute atomic E-state index is 11.3. The molecule has 0 saturated carbocycles. The van der Waals surface area contributed by atoms with Gasteiger partial charge < -0.3 is 9.84 Å². The number of aliphatic carboxylic acids is 1. The number of nitrogens with zero attached hydrogens (tertiary/aromatic N) is 1. The lowest BCUT2D eigenvalue weighted by molar-refractivity contribution is -0.145. The zero-order chi connectivity index (χ0) is 12.1. The van der Waals surface area contributed by atoms with Gasteiger partial charge in [0.25, 0.3) is 0 Å². The SMILES string of the molecule is O=C(O)C(Cc1ccncc1)C1CCOCC1. The second-order valence-electron chi connectivity index (χ2n) is 4.45. The molecule has 1 saturated heterocycles. The molecule has 2 rings (SSSR count). The molecule has 0 radical (unpaired) electrons. The van der Waals surface area contributed by atoms with Crippen molar-refractivity contribution in [1.29, 1.82) is 0 Å². The van der Waals surface area contributed by atoms with E-state index in [2.05, 4.69) is 4.98 Å². The molecule has 1 unspecified atom stereocenters. The van der Waals surface area contributed by atoms with Crippen molar-refractivity contribution in [3.63, 3.8) is 0 Å². The summed E-state index contributed by atoms with van der Waals surface area (Å²) in [7, 11) is 0. The monoisotopic (exact) mass is 235 g/mol. The fourth-order valence-electron chi connectivity index (χ4n) is 2.35. The first-order valence-electron chi connectivity index (χ1n) is 5.97. The summed E-state index contributed by atoms with van der Waals surface area (Å²) >= 11 is 0. The third-order valence-corrected chi connectivity index (χ3v) is 3.36. The molecule has 0 aliphatic carbocycles. The molecule has 0 amide bonds. The van der Waals surface area contributed by atoms with E-state index in [0.29, 0.717) is 19.6 Å². The molecule has 1 N–H and O–H groups in total.